The number of thioether (sulfide) groups is 1. The number of methoxy groups -OCH3 is 1. The molecule has 1 heterocycles. The minimum absolute atomic E-state index is 0.0900. The summed E-state index contributed by atoms with van der Waals surface area (Å²) in [6, 6.07) is 15.2. The highest BCUT2D eigenvalue weighted by molar-refractivity contribution is 8.00. The van der Waals surface area contributed by atoms with E-state index in [0.717, 1.165) is 16.9 Å². The molecule has 7 heteroatoms. The molecule has 144 valence electrons. The predicted octanol–water partition coefficient (Wildman–Crippen LogP) is 3.99. The van der Waals surface area contributed by atoms with Crippen molar-refractivity contribution in [2.75, 3.05) is 12.9 Å². The fraction of sp³-hybridized carbons (Fsp3) is 0.190. The lowest BCUT2D eigenvalue weighted by Gasteiger charge is -2.09. The second-order valence-electron chi connectivity index (χ2n) is 6.00. The number of aryl methyl sites for hydroxylation is 1. The van der Waals surface area contributed by atoms with Crippen LogP contribution in [0.1, 0.15) is 11.1 Å². The fourth-order valence-corrected chi connectivity index (χ4v) is 3.05. The van der Waals surface area contributed by atoms with Crippen LogP contribution in [0, 0.1) is 6.92 Å². The maximum absolute atomic E-state index is 12.2. The van der Waals surface area contributed by atoms with Crippen LogP contribution in [0.2, 0.25) is 0 Å². The third kappa shape index (κ3) is 5.72. The van der Waals surface area contributed by atoms with E-state index in [9.17, 15) is 4.79 Å². The first-order valence-corrected chi connectivity index (χ1v) is 9.70. The first-order valence-electron chi connectivity index (χ1n) is 8.72. The Balaban J connectivity index is 1.53. The van der Waals surface area contributed by atoms with Crippen LogP contribution in [0.4, 0.5) is 0 Å². The van der Waals surface area contributed by atoms with Crippen LogP contribution in [0.25, 0.3) is 0 Å². The standard InChI is InChI=1S/C21H21N3O3S/c1-15-3-7-18(8-4-15)27-20-21(23-12-11-22-20)28-14-19(25)24-13-16-5-9-17(26-2)10-6-16/h3-12H,13-14H2,1-2H3,(H,24,25). The summed E-state index contributed by atoms with van der Waals surface area (Å²) in [5.74, 6) is 1.98. The van der Waals surface area contributed by atoms with Gasteiger partial charge in [0.2, 0.25) is 5.91 Å². The molecule has 0 aliphatic heterocycles. The van der Waals surface area contributed by atoms with E-state index in [1.165, 1.54) is 11.8 Å². The van der Waals surface area contributed by atoms with Gasteiger partial charge in [-0.15, -0.1) is 0 Å². The first-order chi connectivity index (χ1) is 13.6. The molecule has 0 saturated heterocycles. The van der Waals surface area contributed by atoms with Gasteiger partial charge in [0, 0.05) is 18.9 Å². The molecule has 0 aliphatic carbocycles. The molecular formula is C21H21N3O3S. The second kappa shape index (κ2) is 9.75. The molecule has 1 N–H and O–H groups in total. The number of hydrogen-bond donors (Lipinski definition) is 1. The van der Waals surface area contributed by atoms with Crippen molar-refractivity contribution >= 4 is 17.7 Å². The van der Waals surface area contributed by atoms with E-state index < -0.39 is 0 Å². The number of rotatable bonds is 8. The molecular weight excluding hydrogens is 374 g/mol. The molecule has 3 rings (SSSR count). The average Bonchev–Trinajstić information content (AvgIpc) is 2.73. The molecule has 2 aromatic carbocycles. The number of carbonyl (C=O) groups is 1. The van der Waals surface area contributed by atoms with Crippen LogP contribution in [-0.2, 0) is 11.3 Å². The SMILES string of the molecule is COc1ccc(CNC(=O)CSc2nccnc2Oc2ccc(C)cc2)cc1. The summed E-state index contributed by atoms with van der Waals surface area (Å²) < 4.78 is 10.9. The lowest BCUT2D eigenvalue weighted by atomic mass is 10.2. The fourth-order valence-electron chi connectivity index (χ4n) is 2.33. The third-order valence-corrected chi connectivity index (χ3v) is 4.82. The monoisotopic (exact) mass is 395 g/mol. The number of amides is 1. The minimum Gasteiger partial charge on any atom is -0.497 e. The van der Waals surface area contributed by atoms with Crippen molar-refractivity contribution in [1.29, 1.82) is 0 Å². The summed E-state index contributed by atoms with van der Waals surface area (Å²) >= 11 is 1.29. The van der Waals surface area contributed by atoms with Crippen molar-refractivity contribution in [2.24, 2.45) is 0 Å². The summed E-state index contributed by atoms with van der Waals surface area (Å²) in [6.45, 7) is 2.47. The van der Waals surface area contributed by atoms with Crippen LogP contribution < -0.4 is 14.8 Å². The summed E-state index contributed by atoms with van der Waals surface area (Å²) in [6.07, 6.45) is 3.15. The van der Waals surface area contributed by atoms with Gasteiger partial charge in [-0.2, -0.15) is 0 Å². The molecule has 1 amide bonds. The predicted molar refractivity (Wildman–Crippen MR) is 109 cm³/mol. The van der Waals surface area contributed by atoms with Crippen LogP contribution in [0.3, 0.4) is 0 Å². The molecule has 0 radical (unpaired) electrons. The molecule has 1 aromatic heterocycles. The molecule has 0 spiro atoms. The largest absolute Gasteiger partial charge is 0.497 e. The van der Waals surface area contributed by atoms with Crippen molar-refractivity contribution in [1.82, 2.24) is 15.3 Å². The van der Waals surface area contributed by atoms with Gasteiger partial charge in [-0.25, -0.2) is 9.97 Å². The van der Waals surface area contributed by atoms with Gasteiger partial charge < -0.3 is 14.8 Å². The smallest absolute Gasteiger partial charge is 0.252 e. The van der Waals surface area contributed by atoms with E-state index in [0.29, 0.717) is 23.2 Å². The highest BCUT2D eigenvalue weighted by Gasteiger charge is 2.11. The van der Waals surface area contributed by atoms with E-state index in [-0.39, 0.29) is 11.7 Å². The highest BCUT2D eigenvalue weighted by Crippen LogP contribution is 2.28. The molecule has 0 bridgehead atoms. The van der Waals surface area contributed by atoms with Gasteiger partial charge >= 0.3 is 0 Å². The van der Waals surface area contributed by atoms with E-state index in [1.54, 1.807) is 19.5 Å². The van der Waals surface area contributed by atoms with Crippen molar-refractivity contribution in [3.05, 3.63) is 72.1 Å². The molecule has 6 nitrogen and oxygen atoms in total. The van der Waals surface area contributed by atoms with Crippen LogP contribution in [0.5, 0.6) is 17.4 Å². The summed E-state index contributed by atoms with van der Waals surface area (Å²) in [7, 11) is 1.62. The van der Waals surface area contributed by atoms with Gasteiger partial charge in [-0.05, 0) is 36.8 Å². The molecule has 0 unspecified atom stereocenters. The maximum Gasteiger partial charge on any atom is 0.252 e. The number of hydrogen-bond acceptors (Lipinski definition) is 6. The van der Waals surface area contributed by atoms with Gasteiger partial charge in [0.15, 0.2) is 5.03 Å². The maximum atomic E-state index is 12.2. The average molecular weight is 395 g/mol. The van der Waals surface area contributed by atoms with Crippen LogP contribution >= 0.6 is 11.8 Å². The Morgan fingerprint density at radius 3 is 2.39 bits per heavy atom. The zero-order valence-electron chi connectivity index (χ0n) is 15.7. The van der Waals surface area contributed by atoms with E-state index >= 15 is 0 Å². The van der Waals surface area contributed by atoms with Gasteiger partial charge in [0.25, 0.3) is 5.88 Å². The minimum atomic E-state index is -0.0900. The van der Waals surface area contributed by atoms with Crippen LogP contribution in [0.15, 0.2) is 66.0 Å². The van der Waals surface area contributed by atoms with Crippen LogP contribution in [-0.4, -0.2) is 28.7 Å². The van der Waals surface area contributed by atoms with Crippen molar-refractivity contribution in [2.45, 2.75) is 18.5 Å². The van der Waals surface area contributed by atoms with Gasteiger partial charge in [-0.3, -0.25) is 4.79 Å². The Morgan fingerprint density at radius 1 is 1.00 bits per heavy atom. The molecule has 0 saturated carbocycles. The van der Waals surface area contributed by atoms with Gasteiger partial charge in [0.05, 0.1) is 12.9 Å². The number of aromatic nitrogens is 2. The normalized spacial score (nSPS) is 10.4. The zero-order valence-corrected chi connectivity index (χ0v) is 16.5. The van der Waals surface area contributed by atoms with Crippen molar-refractivity contribution in [3.8, 4) is 17.4 Å². The number of nitrogens with one attached hydrogen (secondary N) is 1. The number of ether oxygens (including phenoxy) is 2. The van der Waals surface area contributed by atoms with E-state index in [2.05, 4.69) is 15.3 Å². The Hall–Kier alpha value is -3.06. The summed E-state index contributed by atoms with van der Waals surface area (Å²) in [4.78, 5) is 20.7. The number of benzene rings is 2. The Bertz CT molecular complexity index is 915. The molecule has 0 fully saturated rings. The highest BCUT2D eigenvalue weighted by atomic mass is 32.2. The zero-order chi connectivity index (χ0) is 19.8. The van der Waals surface area contributed by atoms with Crippen molar-refractivity contribution < 1.29 is 14.3 Å². The molecule has 28 heavy (non-hydrogen) atoms. The summed E-state index contributed by atoms with van der Waals surface area (Å²) in [5.41, 5.74) is 2.15. The van der Waals surface area contributed by atoms with E-state index in [4.69, 9.17) is 9.47 Å². The van der Waals surface area contributed by atoms with Gasteiger partial charge in [0.1, 0.15) is 11.5 Å². The Labute approximate surface area is 168 Å². The second-order valence-corrected chi connectivity index (χ2v) is 6.96. The quantitative estimate of drug-likeness (QED) is 0.581. The van der Waals surface area contributed by atoms with E-state index in [1.807, 2.05) is 55.5 Å². The number of carbonyl (C=O) groups excluding carboxylic acids is 1. The Morgan fingerprint density at radius 2 is 1.68 bits per heavy atom. The lowest BCUT2D eigenvalue weighted by molar-refractivity contribution is -0.118. The third-order valence-electron chi connectivity index (χ3n) is 3.86. The summed E-state index contributed by atoms with van der Waals surface area (Å²) in [5, 5.41) is 3.46. The number of nitrogens with zero attached hydrogens (tertiary/aromatic N) is 2. The Kier molecular flexibility index (Phi) is 6.86. The molecule has 0 atom stereocenters. The van der Waals surface area contributed by atoms with Gasteiger partial charge in [-0.1, -0.05) is 41.6 Å². The first kappa shape index (κ1) is 19.7. The molecule has 3 aromatic rings. The topological polar surface area (TPSA) is 73.3 Å². The lowest BCUT2D eigenvalue weighted by Crippen LogP contribution is -2.24. The molecule has 0 aliphatic rings. The van der Waals surface area contributed by atoms with Crippen molar-refractivity contribution in [3.63, 3.8) is 0 Å².